The van der Waals surface area contributed by atoms with Crippen molar-refractivity contribution in [2.24, 2.45) is 5.11 Å². The van der Waals surface area contributed by atoms with Gasteiger partial charge in [0.15, 0.2) is 0 Å². The van der Waals surface area contributed by atoms with Crippen LogP contribution in [-0.2, 0) is 9.53 Å². The standard InChI is InChI=1S/C18H24N4O2/c1-14-4-6-15(7-5-14)22(17(23)13-20-21-19)16-8-11-24-18(12-16)9-2-3-10-18/h4-7,16H,2-3,8-13H2,1H3. The number of rotatable bonds is 4. The summed E-state index contributed by atoms with van der Waals surface area (Å²) in [6.45, 7) is 2.56. The lowest BCUT2D eigenvalue weighted by Crippen LogP contribution is -2.50. The van der Waals surface area contributed by atoms with E-state index in [9.17, 15) is 4.79 Å². The zero-order valence-electron chi connectivity index (χ0n) is 14.1. The summed E-state index contributed by atoms with van der Waals surface area (Å²) in [4.78, 5) is 17.3. The van der Waals surface area contributed by atoms with Crippen LogP contribution in [0.5, 0.6) is 0 Å². The third kappa shape index (κ3) is 3.55. The monoisotopic (exact) mass is 328 g/mol. The molecule has 1 saturated heterocycles. The molecule has 1 aliphatic heterocycles. The Kier molecular flexibility index (Phi) is 5.07. The number of amides is 1. The number of carbonyl (C=O) groups is 1. The summed E-state index contributed by atoms with van der Waals surface area (Å²) < 4.78 is 6.10. The molecule has 6 heteroatoms. The van der Waals surface area contributed by atoms with Crippen LogP contribution in [0.1, 0.15) is 44.1 Å². The second-order valence-electron chi connectivity index (χ2n) is 6.87. The van der Waals surface area contributed by atoms with E-state index in [1.54, 1.807) is 0 Å². The van der Waals surface area contributed by atoms with Crippen LogP contribution < -0.4 is 4.90 Å². The SMILES string of the molecule is Cc1ccc(N(C(=O)CN=[N+]=[N-])C2CCOC3(CCCC3)C2)cc1. The van der Waals surface area contributed by atoms with Crippen LogP contribution in [-0.4, -0.2) is 30.7 Å². The van der Waals surface area contributed by atoms with Gasteiger partial charge in [-0.1, -0.05) is 35.7 Å². The molecule has 1 atom stereocenters. The van der Waals surface area contributed by atoms with Gasteiger partial charge in [-0.25, -0.2) is 0 Å². The molecule has 3 rings (SSSR count). The second-order valence-corrected chi connectivity index (χ2v) is 6.87. The number of benzene rings is 1. The van der Waals surface area contributed by atoms with E-state index in [4.69, 9.17) is 10.3 Å². The Morgan fingerprint density at radius 2 is 2.08 bits per heavy atom. The number of azide groups is 1. The van der Waals surface area contributed by atoms with Gasteiger partial charge in [-0.15, -0.1) is 0 Å². The summed E-state index contributed by atoms with van der Waals surface area (Å²) in [5.41, 5.74) is 10.5. The minimum atomic E-state index is -0.144. The molecule has 128 valence electrons. The summed E-state index contributed by atoms with van der Waals surface area (Å²) in [6.07, 6.45) is 6.24. The zero-order valence-corrected chi connectivity index (χ0v) is 14.1. The fourth-order valence-corrected chi connectivity index (χ4v) is 4.02. The third-order valence-corrected chi connectivity index (χ3v) is 5.20. The molecule has 1 heterocycles. The van der Waals surface area contributed by atoms with E-state index in [1.165, 1.54) is 12.8 Å². The summed E-state index contributed by atoms with van der Waals surface area (Å²) in [5.74, 6) is -0.142. The van der Waals surface area contributed by atoms with E-state index in [0.29, 0.717) is 6.61 Å². The zero-order chi connectivity index (χ0) is 17.0. The van der Waals surface area contributed by atoms with Crippen LogP contribution in [0.2, 0.25) is 0 Å². The first-order valence-electron chi connectivity index (χ1n) is 8.67. The van der Waals surface area contributed by atoms with E-state index in [0.717, 1.165) is 36.9 Å². The van der Waals surface area contributed by atoms with E-state index in [2.05, 4.69) is 10.0 Å². The predicted molar refractivity (Wildman–Crippen MR) is 92.9 cm³/mol. The van der Waals surface area contributed by atoms with E-state index >= 15 is 0 Å². The minimum Gasteiger partial charge on any atom is -0.375 e. The molecular formula is C18H24N4O2. The van der Waals surface area contributed by atoms with Gasteiger partial charge >= 0.3 is 0 Å². The van der Waals surface area contributed by atoms with E-state index < -0.39 is 0 Å². The molecule has 1 spiro atoms. The molecule has 0 aromatic heterocycles. The van der Waals surface area contributed by atoms with E-state index in [-0.39, 0.29) is 24.1 Å². The smallest absolute Gasteiger partial charge is 0.233 e. The molecule has 1 unspecified atom stereocenters. The van der Waals surface area contributed by atoms with Crippen LogP contribution in [0.25, 0.3) is 10.4 Å². The van der Waals surface area contributed by atoms with Crippen LogP contribution in [0.15, 0.2) is 29.4 Å². The number of carbonyl (C=O) groups excluding carboxylic acids is 1. The molecule has 2 aliphatic rings. The highest BCUT2D eigenvalue weighted by molar-refractivity contribution is 5.95. The maximum absolute atomic E-state index is 12.7. The van der Waals surface area contributed by atoms with Crippen molar-refractivity contribution in [1.82, 2.24) is 0 Å². The average molecular weight is 328 g/mol. The highest BCUT2D eigenvalue weighted by Gasteiger charge is 2.42. The van der Waals surface area contributed by atoms with Gasteiger partial charge in [0.05, 0.1) is 5.60 Å². The molecule has 2 fully saturated rings. The van der Waals surface area contributed by atoms with Crippen LogP contribution in [0, 0.1) is 6.92 Å². The first-order chi connectivity index (χ1) is 11.6. The summed E-state index contributed by atoms with van der Waals surface area (Å²) in [5, 5.41) is 3.48. The van der Waals surface area contributed by atoms with Crippen molar-refractivity contribution < 1.29 is 9.53 Å². The Labute approximate surface area is 142 Å². The van der Waals surface area contributed by atoms with Gasteiger partial charge in [0.2, 0.25) is 5.91 Å². The van der Waals surface area contributed by atoms with Crippen molar-refractivity contribution in [3.8, 4) is 0 Å². The van der Waals surface area contributed by atoms with Crippen LogP contribution in [0.4, 0.5) is 5.69 Å². The Bertz CT molecular complexity index is 631. The first kappa shape index (κ1) is 16.8. The molecule has 1 aliphatic carbocycles. The lowest BCUT2D eigenvalue weighted by Gasteiger charge is -2.43. The second kappa shape index (κ2) is 7.24. The number of ether oxygens (including phenoxy) is 1. The van der Waals surface area contributed by atoms with Crippen molar-refractivity contribution in [1.29, 1.82) is 0 Å². The lowest BCUT2D eigenvalue weighted by molar-refractivity contribution is -0.120. The summed E-state index contributed by atoms with van der Waals surface area (Å²) >= 11 is 0. The Balaban J connectivity index is 1.86. The molecule has 1 aromatic carbocycles. The normalized spacial score (nSPS) is 22.1. The minimum absolute atomic E-state index is 0.0648. The Morgan fingerprint density at radius 1 is 1.38 bits per heavy atom. The fourth-order valence-electron chi connectivity index (χ4n) is 4.02. The van der Waals surface area contributed by atoms with Gasteiger partial charge in [-0.2, -0.15) is 0 Å². The van der Waals surface area contributed by atoms with Gasteiger partial charge in [-0.05, 0) is 50.3 Å². The van der Waals surface area contributed by atoms with Gasteiger partial charge in [-0.3, -0.25) is 4.79 Å². The third-order valence-electron chi connectivity index (χ3n) is 5.20. The summed E-state index contributed by atoms with van der Waals surface area (Å²) in [6, 6.07) is 8.06. The van der Waals surface area contributed by atoms with Gasteiger partial charge < -0.3 is 9.64 Å². The Hall–Kier alpha value is -2.04. The molecule has 1 saturated carbocycles. The van der Waals surface area contributed by atoms with Crippen molar-refractivity contribution >= 4 is 11.6 Å². The van der Waals surface area contributed by atoms with Crippen molar-refractivity contribution in [3.05, 3.63) is 40.3 Å². The lowest BCUT2D eigenvalue weighted by atomic mass is 9.87. The van der Waals surface area contributed by atoms with E-state index in [1.807, 2.05) is 36.1 Å². The van der Waals surface area contributed by atoms with Gasteiger partial charge in [0.25, 0.3) is 0 Å². The number of aryl methyl sites for hydroxylation is 1. The topological polar surface area (TPSA) is 78.3 Å². The molecule has 0 radical (unpaired) electrons. The molecule has 0 N–H and O–H groups in total. The molecule has 1 aromatic rings. The largest absolute Gasteiger partial charge is 0.375 e. The maximum atomic E-state index is 12.7. The highest BCUT2D eigenvalue weighted by Crippen LogP contribution is 2.42. The summed E-state index contributed by atoms with van der Waals surface area (Å²) in [7, 11) is 0. The van der Waals surface area contributed by atoms with Crippen molar-refractivity contribution in [2.75, 3.05) is 18.1 Å². The molecule has 1 amide bonds. The molecule has 24 heavy (non-hydrogen) atoms. The predicted octanol–water partition coefficient (Wildman–Crippen LogP) is 4.13. The highest BCUT2D eigenvalue weighted by atomic mass is 16.5. The number of nitrogens with zero attached hydrogens (tertiary/aromatic N) is 4. The first-order valence-corrected chi connectivity index (χ1v) is 8.67. The number of hydrogen-bond acceptors (Lipinski definition) is 3. The quantitative estimate of drug-likeness (QED) is 0.473. The molecule has 0 bridgehead atoms. The number of anilines is 1. The van der Waals surface area contributed by atoms with Gasteiger partial charge in [0, 0.05) is 23.2 Å². The molecular weight excluding hydrogens is 304 g/mol. The average Bonchev–Trinajstić information content (AvgIpc) is 3.02. The van der Waals surface area contributed by atoms with Crippen molar-refractivity contribution in [3.63, 3.8) is 0 Å². The van der Waals surface area contributed by atoms with Crippen molar-refractivity contribution in [2.45, 2.75) is 57.1 Å². The molecule has 6 nitrogen and oxygen atoms in total. The fraction of sp³-hybridized carbons (Fsp3) is 0.611. The Morgan fingerprint density at radius 3 is 2.75 bits per heavy atom. The van der Waals surface area contributed by atoms with Crippen LogP contribution >= 0.6 is 0 Å². The van der Waals surface area contributed by atoms with Crippen LogP contribution in [0.3, 0.4) is 0 Å². The maximum Gasteiger partial charge on any atom is 0.233 e. The number of hydrogen-bond donors (Lipinski definition) is 0. The van der Waals surface area contributed by atoms with Gasteiger partial charge in [0.1, 0.15) is 6.54 Å².